The normalized spacial score (nSPS) is 15.6. The molecule has 0 amide bonds. The molecule has 30 heavy (non-hydrogen) atoms. The summed E-state index contributed by atoms with van der Waals surface area (Å²) in [6.45, 7) is 4.09. The van der Waals surface area contributed by atoms with Crippen LogP contribution in [0.1, 0.15) is 37.2 Å². The molecule has 1 aliphatic rings. The van der Waals surface area contributed by atoms with Gasteiger partial charge < -0.3 is 15.0 Å². The van der Waals surface area contributed by atoms with Gasteiger partial charge in [-0.1, -0.05) is 46.7 Å². The van der Waals surface area contributed by atoms with Crippen molar-refractivity contribution in [2.24, 2.45) is 0 Å². The third-order valence-electron chi connectivity index (χ3n) is 5.72. The molecule has 0 unspecified atom stereocenters. The highest BCUT2D eigenvalue weighted by atomic mass is 35.5. The first-order valence-electron chi connectivity index (χ1n) is 10.5. The molecule has 1 aromatic heterocycles. The molecule has 0 atom stereocenters. The molecular weight excluding hydrogens is 437 g/mol. The fourth-order valence-corrected chi connectivity index (χ4v) is 5.30. The van der Waals surface area contributed by atoms with Gasteiger partial charge in [0.15, 0.2) is 5.13 Å². The summed E-state index contributed by atoms with van der Waals surface area (Å²) in [6.07, 6.45) is 4.47. The van der Waals surface area contributed by atoms with E-state index in [2.05, 4.69) is 27.3 Å². The zero-order valence-electron chi connectivity index (χ0n) is 17.2. The monoisotopic (exact) mass is 463 g/mol. The number of likely N-dealkylation sites (tertiary alicyclic amines) is 1. The van der Waals surface area contributed by atoms with E-state index in [4.69, 9.17) is 27.9 Å². The SMILES string of the molecule is CNc1nc2cc(OCCCCN3CCC(c4cccc(Cl)c4Cl)CC3)ccc2s1. The highest BCUT2D eigenvalue weighted by Crippen LogP contribution is 2.36. The van der Waals surface area contributed by atoms with Crippen LogP contribution in [0.15, 0.2) is 36.4 Å². The standard InChI is InChI=1S/C23H27Cl2N3OS/c1-26-23-27-20-15-17(7-8-21(20)30-23)29-14-3-2-11-28-12-9-16(10-13-28)18-5-4-6-19(24)22(18)25/h4-8,15-16H,2-3,9-14H2,1H3,(H,26,27). The van der Waals surface area contributed by atoms with Gasteiger partial charge in [-0.25, -0.2) is 4.98 Å². The summed E-state index contributed by atoms with van der Waals surface area (Å²) in [5, 5.41) is 5.42. The molecule has 4 rings (SSSR count). The number of benzene rings is 2. The van der Waals surface area contributed by atoms with Crippen molar-refractivity contribution in [2.45, 2.75) is 31.6 Å². The first-order chi connectivity index (χ1) is 14.6. The van der Waals surface area contributed by atoms with Crippen molar-refractivity contribution < 1.29 is 4.74 Å². The molecule has 3 aromatic rings. The van der Waals surface area contributed by atoms with E-state index in [0.717, 1.165) is 73.3 Å². The summed E-state index contributed by atoms with van der Waals surface area (Å²) in [5.74, 6) is 1.41. The van der Waals surface area contributed by atoms with E-state index in [1.165, 1.54) is 10.3 Å². The smallest absolute Gasteiger partial charge is 0.183 e. The highest BCUT2D eigenvalue weighted by molar-refractivity contribution is 7.22. The van der Waals surface area contributed by atoms with Gasteiger partial charge in [-0.05, 0) is 75.0 Å². The second kappa shape index (κ2) is 10.2. The second-order valence-corrected chi connectivity index (χ2v) is 9.53. The Hall–Kier alpha value is -1.53. The number of unbranched alkanes of at least 4 members (excludes halogenated alkanes) is 1. The van der Waals surface area contributed by atoms with Crippen molar-refractivity contribution in [3.05, 3.63) is 52.0 Å². The van der Waals surface area contributed by atoms with Crippen LogP contribution >= 0.6 is 34.5 Å². The third-order valence-corrected chi connectivity index (χ3v) is 7.61. The van der Waals surface area contributed by atoms with Crippen LogP contribution in [0.2, 0.25) is 10.0 Å². The van der Waals surface area contributed by atoms with Crippen LogP contribution in [0.3, 0.4) is 0 Å². The molecule has 7 heteroatoms. The van der Waals surface area contributed by atoms with E-state index in [0.29, 0.717) is 10.9 Å². The van der Waals surface area contributed by atoms with E-state index in [1.807, 2.05) is 31.3 Å². The number of nitrogens with one attached hydrogen (secondary N) is 1. The number of fused-ring (bicyclic) bond motifs is 1. The number of piperidine rings is 1. The maximum Gasteiger partial charge on any atom is 0.183 e. The van der Waals surface area contributed by atoms with Crippen molar-refractivity contribution in [3.63, 3.8) is 0 Å². The minimum atomic E-state index is 0.514. The molecule has 160 valence electrons. The Morgan fingerprint density at radius 3 is 2.80 bits per heavy atom. The predicted octanol–water partition coefficient (Wildman–Crippen LogP) is 6.68. The van der Waals surface area contributed by atoms with Gasteiger partial charge in [0.05, 0.1) is 26.9 Å². The summed E-state index contributed by atoms with van der Waals surface area (Å²) in [5.41, 5.74) is 2.20. The zero-order valence-corrected chi connectivity index (χ0v) is 19.5. The van der Waals surface area contributed by atoms with Crippen LogP contribution in [0, 0.1) is 0 Å². The van der Waals surface area contributed by atoms with Crippen LogP contribution in [-0.2, 0) is 0 Å². The number of nitrogens with zero attached hydrogens (tertiary/aromatic N) is 2. The number of ether oxygens (including phenoxy) is 1. The summed E-state index contributed by atoms with van der Waals surface area (Å²) in [6, 6.07) is 12.1. The summed E-state index contributed by atoms with van der Waals surface area (Å²) in [7, 11) is 1.89. The average Bonchev–Trinajstić information content (AvgIpc) is 3.18. The number of rotatable bonds is 8. The van der Waals surface area contributed by atoms with Crippen LogP contribution < -0.4 is 10.1 Å². The minimum Gasteiger partial charge on any atom is -0.494 e. The molecule has 4 nitrogen and oxygen atoms in total. The van der Waals surface area contributed by atoms with Crippen LogP contribution in [0.4, 0.5) is 5.13 Å². The van der Waals surface area contributed by atoms with Gasteiger partial charge in [0, 0.05) is 13.1 Å². The predicted molar refractivity (Wildman–Crippen MR) is 129 cm³/mol. The Bertz CT molecular complexity index is 986. The van der Waals surface area contributed by atoms with E-state index in [9.17, 15) is 0 Å². The van der Waals surface area contributed by atoms with Crippen molar-refractivity contribution >= 4 is 49.9 Å². The summed E-state index contributed by atoms with van der Waals surface area (Å²) < 4.78 is 7.12. The number of thiazole rings is 1. The second-order valence-electron chi connectivity index (χ2n) is 7.71. The van der Waals surface area contributed by atoms with Crippen LogP contribution in [0.5, 0.6) is 5.75 Å². The maximum atomic E-state index is 6.41. The molecule has 1 fully saturated rings. The lowest BCUT2D eigenvalue weighted by molar-refractivity contribution is 0.202. The van der Waals surface area contributed by atoms with Gasteiger partial charge in [-0.2, -0.15) is 0 Å². The first kappa shape index (κ1) is 21.7. The van der Waals surface area contributed by atoms with Gasteiger partial charge in [0.25, 0.3) is 0 Å². The summed E-state index contributed by atoms with van der Waals surface area (Å²) in [4.78, 5) is 7.09. The Kier molecular flexibility index (Phi) is 7.37. The molecule has 1 N–H and O–H groups in total. The molecule has 0 aliphatic carbocycles. The number of anilines is 1. The van der Waals surface area contributed by atoms with E-state index < -0.39 is 0 Å². The highest BCUT2D eigenvalue weighted by Gasteiger charge is 2.22. The molecule has 2 aromatic carbocycles. The quantitative estimate of drug-likeness (QED) is 0.377. The van der Waals surface area contributed by atoms with E-state index in [1.54, 1.807) is 11.3 Å². The molecule has 0 spiro atoms. The molecule has 1 aliphatic heterocycles. The number of hydrogen-bond acceptors (Lipinski definition) is 5. The third kappa shape index (κ3) is 5.20. The van der Waals surface area contributed by atoms with Gasteiger partial charge in [-0.15, -0.1) is 0 Å². The van der Waals surface area contributed by atoms with Crippen molar-refractivity contribution in [1.82, 2.24) is 9.88 Å². The Morgan fingerprint density at radius 2 is 2.00 bits per heavy atom. The average molecular weight is 464 g/mol. The number of aromatic nitrogens is 1. The van der Waals surface area contributed by atoms with Gasteiger partial charge in [0.2, 0.25) is 0 Å². The van der Waals surface area contributed by atoms with Gasteiger partial charge >= 0.3 is 0 Å². The minimum absolute atomic E-state index is 0.514. The van der Waals surface area contributed by atoms with E-state index >= 15 is 0 Å². The molecule has 2 heterocycles. The van der Waals surface area contributed by atoms with Crippen molar-refractivity contribution in [1.29, 1.82) is 0 Å². The van der Waals surface area contributed by atoms with Crippen LogP contribution in [0.25, 0.3) is 10.2 Å². The largest absolute Gasteiger partial charge is 0.494 e. The Balaban J connectivity index is 1.17. The van der Waals surface area contributed by atoms with Gasteiger partial charge in [0.1, 0.15) is 5.75 Å². The molecule has 0 saturated carbocycles. The lowest BCUT2D eigenvalue weighted by atomic mass is 9.89. The first-order valence-corrected chi connectivity index (χ1v) is 12.1. The van der Waals surface area contributed by atoms with Crippen LogP contribution in [-0.4, -0.2) is 43.2 Å². The summed E-state index contributed by atoms with van der Waals surface area (Å²) >= 11 is 14.2. The number of halogens is 2. The maximum absolute atomic E-state index is 6.41. The van der Waals surface area contributed by atoms with Crippen molar-refractivity contribution in [2.75, 3.05) is 38.6 Å². The Labute approximate surface area is 192 Å². The lowest BCUT2D eigenvalue weighted by Gasteiger charge is -2.32. The van der Waals surface area contributed by atoms with Gasteiger partial charge in [-0.3, -0.25) is 0 Å². The zero-order chi connectivity index (χ0) is 20.9. The lowest BCUT2D eigenvalue weighted by Crippen LogP contribution is -2.33. The molecule has 1 saturated heterocycles. The Morgan fingerprint density at radius 1 is 1.17 bits per heavy atom. The fourth-order valence-electron chi connectivity index (χ4n) is 4.03. The van der Waals surface area contributed by atoms with Crippen molar-refractivity contribution in [3.8, 4) is 5.75 Å². The fraction of sp³-hybridized carbons (Fsp3) is 0.435. The number of hydrogen-bond donors (Lipinski definition) is 1. The molecule has 0 radical (unpaired) electrons. The topological polar surface area (TPSA) is 37.4 Å². The van der Waals surface area contributed by atoms with E-state index in [-0.39, 0.29) is 0 Å². The molecular formula is C23H27Cl2N3OS. The molecule has 0 bridgehead atoms.